The molecule has 1 saturated heterocycles. The van der Waals surface area contributed by atoms with Crippen LogP contribution in [0.25, 0.3) is 0 Å². The highest BCUT2D eigenvalue weighted by Crippen LogP contribution is 2.39. The maximum Gasteiger partial charge on any atom is 0.436 e. The zero-order valence-corrected chi connectivity index (χ0v) is 21.0. The van der Waals surface area contributed by atoms with Crippen LogP contribution >= 0.6 is 0 Å². The number of ether oxygens (including phenoxy) is 1. The van der Waals surface area contributed by atoms with E-state index >= 15 is 0 Å². The Kier molecular flexibility index (Phi) is 8.06. The van der Waals surface area contributed by atoms with Gasteiger partial charge in [0.2, 0.25) is 17.6 Å². The average Bonchev–Trinajstić information content (AvgIpc) is 3.05. The fourth-order valence-corrected chi connectivity index (χ4v) is 4.17. The van der Waals surface area contributed by atoms with E-state index in [1.807, 2.05) is 0 Å². The molecule has 38 heavy (non-hydrogen) atoms. The number of rotatable bonds is 5. The first-order valence-electron chi connectivity index (χ1n) is 11.8. The van der Waals surface area contributed by atoms with Gasteiger partial charge in [-0.05, 0) is 63.3 Å². The number of pyridine rings is 1. The number of carbonyl (C=O) groups is 3. The molecule has 1 aromatic rings. The fourth-order valence-electron chi connectivity index (χ4n) is 4.17. The van der Waals surface area contributed by atoms with Crippen LogP contribution in [0.15, 0.2) is 29.6 Å². The zero-order valence-electron chi connectivity index (χ0n) is 21.0. The van der Waals surface area contributed by atoms with Crippen molar-refractivity contribution in [1.82, 2.24) is 15.6 Å². The summed E-state index contributed by atoms with van der Waals surface area (Å²) in [4.78, 5) is 41.5. The van der Waals surface area contributed by atoms with Crippen molar-refractivity contribution in [3.8, 4) is 0 Å². The third-order valence-electron chi connectivity index (χ3n) is 6.05. The van der Waals surface area contributed by atoms with Gasteiger partial charge >= 0.3 is 12.3 Å². The van der Waals surface area contributed by atoms with Crippen molar-refractivity contribution in [2.45, 2.75) is 82.7 Å². The minimum absolute atomic E-state index is 0.0535. The van der Waals surface area contributed by atoms with Crippen molar-refractivity contribution < 1.29 is 46.2 Å². The highest BCUT2D eigenvalue weighted by Gasteiger charge is 2.60. The number of anilines is 1. The molecule has 2 aliphatic rings. The van der Waals surface area contributed by atoms with Crippen LogP contribution in [-0.4, -0.2) is 51.4 Å². The number of alkyl halides is 5. The first kappa shape index (κ1) is 29.3. The van der Waals surface area contributed by atoms with Crippen molar-refractivity contribution >= 4 is 23.7 Å². The van der Waals surface area contributed by atoms with Gasteiger partial charge in [0.25, 0.3) is 5.91 Å². The van der Waals surface area contributed by atoms with Gasteiger partial charge in [-0.1, -0.05) is 0 Å². The van der Waals surface area contributed by atoms with Crippen molar-refractivity contribution in [2.24, 2.45) is 5.92 Å². The van der Waals surface area contributed by atoms with Gasteiger partial charge in [-0.3, -0.25) is 14.9 Å². The summed E-state index contributed by atoms with van der Waals surface area (Å²) < 4.78 is 71.8. The second-order valence-electron chi connectivity index (χ2n) is 10.4. The highest BCUT2D eigenvalue weighted by atomic mass is 19.4. The quantitative estimate of drug-likeness (QED) is 0.326. The Balaban J connectivity index is 1.77. The van der Waals surface area contributed by atoms with Crippen molar-refractivity contribution in [1.29, 1.82) is 0 Å². The lowest BCUT2D eigenvalue weighted by atomic mass is 9.90. The van der Waals surface area contributed by atoms with Gasteiger partial charge in [0.15, 0.2) is 0 Å². The summed E-state index contributed by atoms with van der Waals surface area (Å²) in [6.45, 7) is 4.82. The molecule has 2 atom stereocenters. The van der Waals surface area contributed by atoms with Gasteiger partial charge in [-0.25, -0.2) is 18.6 Å². The largest absolute Gasteiger partial charge is 0.444 e. The summed E-state index contributed by atoms with van der Waals surface area (Å²) >= 11 is 0. The van der Waals surface area contributed by atoms with Gasteiger partial charge in [0, 0.05) is 31.4 Å². The Morgan fingerprint density at radius 3 is 2.39 bits per heavy atom. The van der Waals surface area contributed by atoms with Crippen LogP contribution in [0.2, 0.25) is 0 Å². The van der Waals surface area contributed by atoms with Crippen molar-refractivity contribution in [2.75, 3.05) is 5.32 Å². The van der Waals surface area contributed by atoms with E-state index in [1.165, 1.54) is 18.3 Å². The van der Waals surface area contributed by atoms with Crippen LogP contribution in [-0.2, 0) is 20.7 Å². The number of amides is 3. The molecule has 1 saturated carbocycles. The molecule has 210 valence electrons. The smallest absolute Gasteiger partial charge is 0.436 e. The van der Waals surface area contributed by atoms with Gasteiger partial charge in [0.1, 0.15) is 17.1 Å². The topological polar surface area (TPSA) is 130 Å². The lowest BCUT2D eigenvalue weighted by molar-refractivity contribution is -0.266. The average molecular weight is 549 g/mol. The lowest BCUT2D eigenvalue weighted by Gasteiger charge is -2.26. The van der Waals surface area contributed by atoms with Crippen molar-refractivity contribution in [3.63, 3.8) is 0 Å². The number of allylic oxidation sites excluding steroid dienone is 1. The molecule has 0 aromatic carbocycles. The SMILES string of the molecule is CC(C)(C)OC(=O)NC(C(=O)Nc1cc(CC2CC(O)(C(F)(F)F)NC2=O)ccn1)=C1CCC(F)(F)CC1. The van der Waals surface area contributed by atoms with Gasteiger partial charge in [-0.2, -0.15) is 13.2 Å². The maximum atomic E-state index is 13.7. The minimum Gasteiger partial charge on any atom is -0.444 e. The number of carbonyl (C=O) groups excluding carboxylic acids is 3. The molecule has 0 spiro atoms. The number of nitrogens with one attached hydrogen (secondary N) is 3. The molecule has 2 heterocycles. The number of hydrogen-bond donors (Lipinski definition) is 4. The van der Waals surface area contributed by atoms with Gasteiger partial charge in [0.05, 0.1) is 0 Å². The monoisotopic (exact) mass is 548 g/mol. The summed E-state index contributed by atoms with van der Waals surface area (Å²) in [6.07, 6.45) is -7.12. The van der Waals surface area contributed by atoms with E-state index in [4.69, 9.17) is 4.74 Å². The van der Waals surface area contributed by atoms with Crippen molar-refractivity contribution in [3.05, 3.63) is 35.2 Å². The van der Waals surface area contributed by atoms with Crippen LogP contribution in [0, 0.1) is 5.92 Å². The van der Waals surface area contributed by atoms with E-state index in [-0.39, 0.29) is 30.8 Å². The fraction of sp³-hybridized carbons (Fsp3) is 0.583. The lowest BCUT2D eigenvalue weighted by Crippen LogP contribution is -2.53. The normalized spacial score (nSPS) is 23.4. The summed E-state index contributed by atoms with van der Waals surface area (Å²) in [5.41, 5.74) is -3.84. The van der Waals surface area contributed by atoms with E-state index in [0.29, 0.717) is 11.1 Å². The van der Waals surface area contributed by atoms with Crippen LogP contribution in [0.4, 0.5) is 32.6 Å². The zero-order chi connectivity index (χ0) is 28.5. The van der Waals surface area contributed by atoms with Crippen LogP contribution in [0.5, 0.6) is 0 Å². The second kappa shape index (κ2) is 10.5. The molecule has 3 rings (SSSR count). The van der Waals surface area contributed by atoms with E-state index in [9.17, 15) is 41.4 Å². The third kappa shape index (κ3) is 7.39. The molecule has 4 N–H and O–H groups in total. The Labute approximate surface area is 215 Å². The van der Waals surface area contributed by atoms with E-state index in [1.54, 1.807) is 26.1 Å². The van der Waals surface area contributed by atoms with Gasteiger partial charge in [-0.15, -0.1) is 0 Å². The maximum absolute atomic E-state index is 13.7. The molecular formula is C24H29F5N4O5. The summed E-state index contributed by atoms with van der Waals surface area (Å²) in [5.74, 6) is -5.97. The molecular weight excluding hydrogens is 519 g/mol. The third-order valence-corrected chi connectivity index (χ3v) is 6.05. The second-order valence-corrected chi connectivity index (χ2v) is 10.4. The van der Waals surface area contributed by atoms with Gasteiger partial charge < -0.3 is 20.5 Å². The number of aromatic nitrogens is 1. The number of alkyl carbamates (subject to hydrolysis) is 1. The molecule has 1 aromatic heterocycles. The van der Waals surface area contributed by atoms with E-state index in [0.717, 1.165) is 0 Å². The summed E-state index contributed by atoms with van der Waals surface area (Å²) in [5, 5.41) is 16.1. The van der Waals surface area contributed by atoms with Crippen LogP contribution in [0.1, 0.15) is 58.4 Å². The number of hydrogen-bond acceptors (Lipinski definition) is 6. The standard InChI is InChI=1S/C24H29F5N4O5/c1-21(2,3)38-20(36)32-17(14-4-7-22(25,26)8-5-14)19(35)31-16-11-13(6-9-30-16)10-15-12-23(37,24(27,28)29)33-18(15)34/h6,9,11,15,37H,4-5,7-8,10,12H2,1-3H3,(H,32,36)(H,33,34)(H,30,31,35). The predicted octanol–water partition coefficient (Wildman–Crippen LogP) is 3.94. The first-order valence-corrected chi connectivity index (χ1v) is 11.8. The summed E-state index contributed by atoms with van der Waals surface area (Å²) in [6, 6.07) is 2.75. The summed E-state index contributed by atoms with van der Waals surface area (Å²) in [7, 11) is 0. The Bertz CT molecular complexity index is 1120. The molecule has 1 aliphatic carbocycles. The Morgan fingerprint density at radius 1 is 1.21 bits per heavy atom. The van der Waals surface area contributed by atoms with Crippen LogP contribution in [0.3, 0.4) is 0 Å². The van der Waals surface area contributed by atoms with Crippen LogP contribution < -0.4 is 16.0 Å². The van der Waals surface area contributed by atoms with E-state index in [2.05, 4.69) is 15.6 Å². The Morgan fingerprint density at radius 2 is 1.84 bits per heavy atom. The molecule has 1 aliphatic heterocycles. The highest BCUT2D eigenvalue weighted by molar-refractivity contribution is 6.05. The molecule has 14 heteroatoms. The molecule has 3 amide bonds. The number of aliphatic hydroxyl groups is 1. The molecule has 2 fully saturated rings. The molecule has 9 nitrogen and oxygen atoms in total. The first-order chi connectivity index (χ1) is 17.4. The number of halogens is 5. The number of nitrogens with zero attached hydrogens (tertiary/aromatic N) is 1. The molecule has 2 unspecified atom stereocenters. The molecule has 0 bridgehead atoms. The molecule has 0 radical (unpaired) electrons. The minimum atomic E-state index is -5.05. The Hall–Kier alpha value is -3.29. The van der Waals surface area contributed by atoms with E-state index < -0.39 is 66.5 Å². The predicted molar refractivity (Wildman–Crippen MR) is 124 cm³/mol.